The van der Waals surface area contributed by atoms with Crippen LogP contribution in [-0.4, -0.2) is 77.6 Å². The molecule has 0 spiro atoms. The summed E-state index contributed by atoms with van der Waals surface area (Å²) in [4.78, 5) is 55.2. The fraction of sp³-hybridized carbons (Fsp3) is 0.270. The fourth-order valence-electron chi connectivity index (χ4n) is 7.34. The summed E-state index contributed by atoms with van der Waals surface area (Å²) >= 11 is 0. The van der Waals surface area contributed by atoms with Gasteiger partial charge in [-0.2, -0.15) is 5.26 Å². The smallest absolute Gasteiger partial charge is 0.337 e. The molecule has 4 aromatic carbocycles. The molecule has 7 rings (SSSR count). The summed E-state index contributed by atoms with van der Waals surface area (Å²) in [6, 6.07) is 19.3. The van der Waals surface area contributed by atoms with Crippen LogP contribution in [0, 0.1) is 17.1 Å². The minimum absolute atomic E-state index is 0.0577. The zero-order chi connectivity index (χ0) is 34.4. The number of nitrogens with zero attached hydrogens (tertiary/aromatic N) is 4. The number of nitriles is 1. The lowest BCUT2D eigenvalue weighted by Gasteiger charge is -2.40. The second kappa shape index (κ2) is 12.8. The summed E-state index contributed by atoms with van der Waals surface area (Å²) in [5, 5.41) is 33.0. The van der Waals surface area contributed by atoms with Crippen LogP contribution in [0.3, 0.4) is 0 Å². The summed E-state index contributed by atoms with van der Waals surface area (Å²) in [5.74, 6) is -2.71. The number of carboxylic acids is 1. The molecular weight excluding hydrogens is 629 g/mol. The Morgan fingerprint density at radius 1 is 0.980 bits per heavy atom. The standard InChI is InChI=1S/C37H32FN5O6/c38-28-18-24(32(20-44)42-14-12-41(13-15-42)29-8-4-21(19-39)16-27(29)37(48)49)6-5-23(28)17-22-7-9-30-34-25(22)2-1-3-26(34)36(47)43(30)31-10-11-33(45)40-35(31)46/h1-9,16,18,31-32,44H,10-15,17,20H2,(H,48,49)(H,40,45,46)/t31-,32?/m0/s1. The van der Waals surface area contributed by atoms with Crippen molar-refractivity contribution >= 4 is 45.8 Å². The number of piperidine rings is 1. The molecule has 0 bridgehead atoms. The first-order chi connectivity index (χ1) is 23.7. The number of anilines is 2. The third kappa shape index (κ3) is 5.67. The number of imide groups is 1. The lowest BCUT2D eigenvalue weighted by atomic mass is 9.94. The van der Waals surface area contributed by atoms with Gasteiger partial charge in [-0.1, -0.05) is 30.3 Å². The van der Waals surface area contributed by atoms with E-state index >= 15 is 4.39 Å². The van der Waals surface area contributed by atoms with Gasteiger partial charge in [-0.05, 0) is 64.9 Å². The van der Waals surface area contributed by atoms with Gasteiger partial charge in [-0.25, -0.2) is 9.18 Å². The number of piperazine rings is 1. The number of nitrogens with one attached hydrogen (secondary N) is 1. The lowest BCUT2D eigenvalue weighted by molar-refractivity contribution is -0.134. The number of hydrogen-bond acceptors (Lipinski definition) is 8. The van der Waals surface area contributed by atoms with Gasteiger partial charge in [-0.3, -0.25) is 29.5 Å². The third-order valence-corrected chi connectivity index (χ3v) is 9.81. The molecule has 0 saturated carbocycles. The van der Waals surface area contributed by atoms with Crippen molar-refractivity contribution in [2.75, 3.05) is 42.6 Å². The molecule has 2 saturated heterocycles. The first kappa shape index (κ1) is 31.9. The van der Waals surface area contributed by atoms with Gasteiger partial charge in [0.1, 0.15) is 11.9 Å². The van der Waals surface area contributed by atoms with Crippen LogP contribution in [0.25, 0.3) is 10.8 Å². The molecule has 49 heavy (non-hydrogen) atoms. The molecule has 4 aromatic rings. The van der Waals surface area contributed by atoms with Crippen molar-refractivity contribution in [3.63, 3.8) is 0 Å². The maximum Gasteiger partial charge on any atom is 0.337 e. The molecule has 2 atom stereocenters. The van der Waals surface area contributed by atoms with E-state index in [0.717, 1.165) is 10.9 Å². The average Bonchev–Trinajstić information content (AvgIpc) is 3.39. The number of aliphatic hydroxyl groups excluding tert-OH is 1. The number of rotatable bonds is 8. The van der Waals surface area contributed by atoms with E-state index in [1.54, 1.807) is 36.4 Å². The van der Waals surface area contributed by atoms with Crippen molar-refractivity contribution in [1.29, 1.82) is 5.26 Å². The van der Waals surface area contributed by atoms with Gasteiger partial charge < -0.3 is 15.1 Å². The van der Waals surface area contributed by atoms with Crippen molar-refractivity contribution in [2.24, 2.45) is 0 Å². The van der Waals surface area contributed by atoms with E-state index in [4.69, 9.17) is 0 Å². The quantitative estimate of drug-likeness (QED) is 0.240. The van der Waals surface area contributed by atoms with E-state index in [2.05, 4.69) is 5.32 Å². The van der Waals surface area contributed by atoms with E-state index in [9.17, 15) is 34.7 Å². The number of carboxylic acid groups (broad SMARTS) is 1. The Hall–Kier alpha value is -5.64. The Morgan fingerprint density at radius 3 is 2.43 bits per heavy atom. The van der Waals surface area contributed by atoms with Crippen LogP contribution < -0.4 is 15.1 Å². The minimum Gasteiger partial charge on any atom is -0.478 e. The van der Waals surface area contributed by atoms with E-state index < -0.39 is 29.8 Å². The van der Waals surface area contributed by atoms with Crippen LogP contribution in [-0.2, 0) is 16.0 Å². The maximum absolute atomic E-state index is 15.8. The summed E-state index contributed by atoms with van der Waals surface area (Å²) in [7, 11) is 0. The molecule has 3 N–H and O–H groups in total. The molecule has 0 aromatic heterocycles. The van der Waals surface area contributed by atoms with Crippen LogP contribution >= 0.6 is 0 Å². The lowest BCUT2D eigenvalue weighted by Crippen LogP contribution is -2.53. The van der Waals surface area contributed by atoms with Crippen LogP contribution in [0.2, 0.25) is 0 Å². The Kier molecular flexibility index (Phi) is 8.32. The first-order valence-corrected chi connectivity index (χ1v) is 16.1. The summed E-state index contributed by atoms with van der Waals surface area (Å²) in [6.07, 6.45) is 0.628. The summed E-state index contributed by atoms with van der Waals surface area (Å²) in [5.41, 5.74) is 3.77. The average molecular weight is 662 g/mol. The van der Waals surface area contributed by atoms with Crippen LogP contribution in [0.1, 0.15) is 61.9 Å². The molecule has 248 valence electrons. The van der Waals surface area contributed by atoms with Crippen LogP contribution in [0.4, 0.5) is 15.8 Å². The number of aliphatic hydroxyl groups is 1. The molecule has 3 aliphatic heterocycles. The van der Waals surface area contributed by atoms with Gasteiger partial charge in [0.15, 0.2) is 0 Å². The predicted molar refractivity (Wildman–Crippen MR) is 178 cm³/mol. The van der Waals surface area contributed by atoms with Gasteiger partial charge >= 0.3 is 5.97 Å². The molecule has 3 amide bonds. The van der Waals surface area contributed by atoms with Gasteiger partial charge in [0, 0.05) is 50.0 Å². The zero-order valence-corrected chi connectivity index (χ0v) is 26.4. The fourth-order valence-corrected chi connectivity index (χ4v) is 7.34. The van der Waals surface area contributed by atoms with E-state index in [-0.39, 0.29) is 48.8 Å². The van der Waals surface area contributed by atoms with Gasteiger partial charge in [0.2, 0.25) is 11.8 Å². The highest BCUT2D eigenvalue weighted by Gasteiger charge is 2.41. The molecule has 0 radical (unpaired) electrons. The normalized spacial score (nSPS) is 18.5. The number of hydrogen-bond donors (Lipinski definition) is 3. The Morgan fingerprint density at radius 2 is 1.73 bits per heavy atom. The van der Waals surface area contributed by atoms with E-state index in [0.29, 0.717) is 59.6 Å². The second-order valence-corrected chi connectivity index (χ2v) is 12.5. The molecule has 0 aliphatic carbocycles. The summed E-state index contributed by atoms with van der Waals surface area (Å²) < 4.78 is 15.8. The number of aromatic carboxylic acids is 1. The van der Waals surface area contributed by atoms with Crippen LogP contribution in [0.15, 0.2) is 66.7 Å². The molecule has 11 nitrogen and oxygen atoms in total. The van der Waals surface area contributed by atoms with Gasteiger partial charge in [0.25, 0.3) is 5.91 Å². The second-order valence-electron chi connectivity index (χ2n) is 12.5. The molecule has 2 fully saturated rings. The van der Waals surface area contributed by atoms with E-state index in [1.165, 1.54) is 17.0 Å². The molecule has 3 aliphatic rings. The largest absolute Gasteiger partial charge is 0.478 e. The number of benzene rings is 4. The Labute approximate surface area is 280 Å². The Bertz CT molecular complexity index is 2090. The monoisotopic (exact) mass is 661 g/mol. The van der Waals surface area contributed by atoms with Crippen molar-refractivity contribution in [3.8, 4) is 6.07 Å². The van der Waals surface area contributed by atoms with Crippen molar-refractivity contribution in [1.82, 2.24) is 10.2 Å². The first-order valence-electron chi connectivity index (χ1n) is 16.1. The number of carbonyl (C=O) groups is 4. The van der Waals surface area contributed by atoms with Gasteiger partial charge in [-0.15, -0.1) is 0 Å². The SMILES string of the molecule is N#Cc1ccc(N2CCN(C(CO)c3ccc(Cc4ccc5c6c(cccc46)C(=O)N5[C@H]4CCC(=O)NC4=O)c(F)c3)CC2)c(C(=O)O)c1. The highest BCUT2D eigenvalue weighted by molar-refractivity contribution is 6.27. The minimum atomic E-state index is -1.11. The molecule has 12 heteroatoms. The topological polar surface area (TPSA) is 154 Å². The number of halogens is 1. The molecular formula is C37H32FN5O6. The highest BCUT2D eigenvalue weighted by Crippen LogP contribution is 2.41. The third-order valence-electron chi connectivity index (χ3n) is 9.81. The zero-order valence-electron chi connectivity index (χ0n) is 26.4. The van der Waals surface area contributed by atoms with Crippen molar-refractivity contribution in [3.05, 3.63) is 106 Å². The number of carbonyl (C=O) groups excluding carboxylic acids is 3. The van der Waals surface area contributed by atoms with Crippen LogP contribution in [0.5, 0.6) is 0 Å². The maximum atomic E-state index is 15.8. The van der Waals surface area contributed by atoms with Crippen molar-refractivity contribution in [2.45, 2.75) is 31.3 Å². The summed E-state index contributed by atoms with van der Waals surface area (Å²) in [6.45, 7) is 1.74. The van der Waals surface area contributed by atoms with Gasteiger partial charge in [0.05, 0.1) is 41.2 Å². The Balaban J connectivity index is 1.09. The predicted octanol–water partition coefficient (Wildman–Crippen LogP) is 3.76. The van der Waals surface area contributed by atoms with Crippen molar-refractivity contribution < 1.29 is 33.8 Å². The highest BCUT2D eigenvalue weighted by atomic mass is 19.1. The molecule has 1 unspecified atom stereocenters. The molecule has 3 heterocycles. The number of amides is 3. The van der Waals surface area contributed by atoms with E-state index in [1.807, 2.05) is 34.1 Å².